The molecular formula is C22H24FN3. The molecule has 0 bridgehead atoms. The first kappa shape index (κ1) is 17.0. The van der Waals surface area contributed by atoms with Crippen molar-refractivity contribution in [3.8, 4) is 0 Å². The zero-order chi connectivity index (χ0) is 17.9. The Bertz CT molecular complexity index is 814. The lowest BCUT2D eigenvalue weighted by atomic mass is 9.87. The third kappa shape index (κ3) is 3.56. The quantitative estimate of drug-likeness (QED) is 0.733. The first-order chi connectivity index (χ1) is 12.7. The molecule has 0 aliphatic carbocycles. The number of hydrogen-bond acceptors (Lipinski definition) is 2. The Morgan fingerprint density at radius 1 is 1.04 bits per heavy atom. The summed E-state index contributed by atoms with van der Waals surface area (Å²) >= 11 is 0. The molecule has 1 aromatic heterocycles. The predicted molar refractivity (Wildman–Crippen MR) is 102 cm³/mol. The van der Waals surface area contributed by atoms with E-state index in [2.05, 4.69) is 58.4 Å². The highest BCUT2D eigenvalue weighted by atomic mass is 19.1. The second-order valence-electron chi connectivity index (χ2n) is 7.31. The Hall–Kier alpha value is -2.46. The zero-order valence-corrected chi connectivity index (χ0v) is 15.0. The van der Waals surface area contributed by atoms with E-state index in [4.69, 9.17) is 0 Å². The first-order valence-electron chi connectivity index (χ1n) is 9.22. The van der Waals surface area contributed by atoms with Crippen molar-refractivity contribution in [3.05, 3.63) is 89.5 Å². The summed E-state index contributed by atoms with van der Waals surface area (Å²) in [7, 11) is 0. The second kappa shape index (κ2) is 7.42. The van der Waals surface area contributed by atoms with Gasteiger partial charge in [-0.1, -0.05) is 49.4 Å². The number of nitrogens with zero attached hydrogens (tertiary/aromatic N) is 2. The zero-order valence-electron chi connectivity index (χ0n) is 15.0. The molecule has 0 amide bonds. The third-order valence-electron chi connectivity index (χ3n) is 5.52. The van der Waals surface area contributed by atoms with Crippen LogP contribution in [0.4, 0.5) is 4.39 Å². The average Bonchev–Trinajstić information content (AvgIpc) is 3.33. The van der Waals surface area contributed by atoms with Gasteiger partial charge in [0.25, 0.3) is 0 Å². The van der Waals surface area contributed by atoms with Gasteiger partial charge in [-0.25, -0.2) is 4.39 Å². The second-order valence-corrected chi connectivity index (χ2v) is 7.31. The Morgan fingerprint density at radius 2 is 1.77 bits per heavy atom. The summed E-state index contributed by atoms with van der Waals surface area (Å²) in [5.41, 5.74) is 3.73. The molecule has 1 aliphatic rings. The minimum Gasteiger partial charge on any atom is -0.301 e. The minimum absolute atomic E-state index is 0.181. The van der Waals surface area contributed by atoms with Crippen molar-refractivity contribution in [2.45, 2.75) is 24.7 Å². The SMILES string of the molecule is C[C@@H](CN1C[C@@H](c2ccc(F)cc2)[C@H](c2ccn[nH]2)C1)c1ccccc1. The average molecular weight is 349 g/mol. The molecule has 1 N–H and O–H groups in total. The van der Waals surface area contributed by atoms with Crippen LogP contribution in [0, 0.1) is 5.82 Å². The highest BCUT2D eigenvalue weighted by molar-refractivity contribution is 5.28. The number of likely N-dealkylation sites (tertiary alicyclic amines) is 1. The molecule has 134 valence electrons. The van der Waals surface area contributed by atoms with Gasteiger partial charge in [-0.3, -0.25) is 5.10 Å². The van der Waals surface area contributed by atoms with Crippen LogP contribution in [0.15, 0.2) is 66.9 Å². The summed E-state index contributed by atoms with van der Waals surface area (Å²) in [6.45, 7) is 5.27. The predicted octanol–water partition coefficient (Wildman–Crippen LogP) is 4.54. The van der Waals surface area contributed by atoms with Crippen LogP contribution in [0.3, 0.4) is 0 Å². The van der Waals surface area contributed by atoms with Gasteiger partial charge in [0, 0.05) is 43.4 Å². The Morgan fingerprint density at radius 3 is 2.46 bits per heavy atom. The van der Waals surface area contributed by atoms with Gasteiger partial charge in [0.1, 0.15) is 5.82 Å². The lowest BCUT2D eigenvalue weighted by Gasteiger charge is -2.21. The van der Waals surface area contributed by atoms with Crippen LogP contribution < -0.4 is 0 Å². The summed E-state index contributed by atoms with van der Waals surface area (Å²) < 4.78 is 13.4. The number of hydrogen-bond donors (Lipinski definition) is 1. The van der Waals surface area contributed by atoms with Crippen LogP contribution in [0.5, 0.6) is 0 Å². The van der Waals surface area contributed by atoms with Gasteiger partial charge in [0.15, 0.2) is 0 Å². The van der Waals surface area contributed by atoms with Crippen molar-refractivity contribution in [1.82, 2.24) is 15.1 Å². The molecule has 26 heavy (non-hydrogen) atoms. The van der Waals surface area contributed by atoms with E-state index in [1.165, 1.54) is 11.1 Å². The molecule has 3 atom stereocenters. The molecule has 3 aromatic rings. The monoisotopic (exact) mass is 349 g/mol. The van der Waals surface area contributed by atoms with E-state index in [-0.39, 0.29) is 5.82 Å². The Balaban J connectivity index is 1.54. The molecule has 1 aliphatic heterocycles. The third-order valence-corrected chi connectivity index (χ3v) is 5.52. The number of rotatable bonds is 5. The number of benzene rings is 2. The van der Waals surface area contributed by atoms with Crippen LogP contribution in [0.1, 0.15) is 41.5 Å². The van der Waals surface area contributed by atoms with E-state index in [0.29, 0.717) is 17.8 Å². The smallest absolute Gasteiger partial charge is 0.123 e. The molecule has 4 rings (SSSR count). The van der Waals surface area contributed by atoms with Gasteiger partial charge in [-0.05, 0) is 35.2 Å². The van der Waals surface area contributed by atoms with Gasteiger partial charge in [0.2, 0.25) is 0 Å². The fourth-order valence-corrected chi connectivity index (χ4v) is 4.14. The molecule has 0 saturated carbocycles. The van der Waals surface area contributed by atoms with E-state index < -0.39 is 0 Å². The highest BCUT2D eigenvalue weighted by Gasteiger charge is 2.36. The Kier molecular flexibility index (Phi) is 4.85. The first-order valence-corrected chi connectivity index (χ1v) is 9.22. The van der Waals surface area contributed by atoms with E-state index >= 15 is 0 Å². The Labute approximate surface area is 153 Å². The van der Waals surface area contributed by atoms with Gasteiger partial charge >= 0.3 is 0 Å². The van der Waals surface area contributed by atoms with Gasteiger partial charge < -0.3 is 4.90 Å². The van der Waals surface area contributed by atoms with Crippen LogP contribution in [0.25, 0.3) is 0 Å². The molecule has 4 heteroatoms. The molecule has 2 aromatic carbocycles. The maximum atomic E-state index is 13.4. The molecule has 0 unspecified atom stereocenters. The normalized spacial score (nSPS) is 21.8. The highest BCUT2D eigenvalue weighted by Crippen LogP contribution is 2.39. The van der Waals surface area contributed by atoms with E-state index in [0.717, 1.165) is 25.3 Å². The molecule has 0 radical (unpaired) electrons. The van der Waals surface area contributed by atoms with Crippen molar-refractivity contribution in [2.24, 2.45) is 0 Å². The van der Waals surface area contributed by atoms with E-state index in [1.807, 2.05) is 18.3 Å². The van der Waals surface area contributed by atoms with Crippen molar-refractivity contribution in [1.29, 1.82) is 0 Å². The fraction of sp³-hybridized carbons (Fsp3) is 0.318. The number of nitrogens with one attached hydrogen (secondary N) is 1. The van der Waals surface area contributed by atoms with E-state index in [9.17, 15) is 4.39 Å². The summed E-state index contributed by atoms with van der Waals surface area (Å²) in [6, 6.07) is 19.7. The number of H-pyrrole nitrogens is 1. The number of halogens is 1. The molecule has 1 saturated heterocycles. The van der Waals surface area contributed by atoms with Gasteiger partial charge in [0.05, 0.1) is 0 Å². The molecular weight excluding hydrogens is 325 g/mol. The summed E-state index contributed by atoms with van der Waals surface area (Å²) in [5, 5.41) is 7.28. The largest absolute Gasteiger partial charge is 0.301 e. The maximum absolute atomic E-state index is 13.4. The standard InChI is InChI=1S/C22H24FN3/c1-16(17-5-3-2-4-6-17)13-26-14-20(18-7-9-19(23)10-8-18)21(15-26)22-11-12-24-25-22/h2-12,16,20-21H,13-15H2,1H3,(H,24,25)/t16-,20-,21+/m0/s1. The molecule has 0 spiro atoms. The lowest BCUT2D eigenvalue weighted by Crippen LogP contribution is -2.25. The number of aromatic amines is 1. The van der Waals surface area contributed by atoms with Crippen molar-refractivity contribution in [2.75, 3.05) is 19.6 Å². The minimum atomic E-state index is -0.181. The molecule has 3 nitrogen and oxygen atoms in total. The summed E-state index contributed by atoms with van der Waals surface area (Å²) in [6.07, 6.45) is 1.81. The number of aromatic nitrogens is 2. The maximum Gasteiger partial charge on any atom is 0.123 e. The van der Waals surface area contributed by atoms with Crippen molar-refractivity contribution < 1.29 is 4.39 Å². The van der Waals surface area contributed by atoms with Crippen molar-refractivity contribution in [3.63, 3.8) is 0 Å². The van der Waals surface area contributed by atoms with Crippen LogP contribution in [0.2, 0.25) is 0 Å². The van der Waals surface area contributed by atoms with E-state index in [1.54, 1.807) is 12.1 Å². The fourth-order valence-electron chi connectivity index (χ4n) is 4.14. The summed E-state index contributed by atoms with van der Waals surface area (Å²) in [5.74, 6) is 0.995. The van der Waals surface area contributed by atoms with Gasteiger partial charge in [-0.2, -0.15) is 5.10 Å². The molecule has 1 fully saturated rings. The van der Waals surface area contributed by atoms with Crippen LogP contribution >= 0.6 is 0 Å². The topological polar surface area (TPSA) is 31.9 Å². The van der Waals surface area contributed by atoms with Gasteiger partial charge in [-0.15, -0.1) is 0 Å². The lowest BCUT2D eigenvalue weighted by molar-refractivity contribution is 0.313. The van der Waals surface area contributed by atoms with Crippen LogP contribution in [-0.2, 0) is 0 Å². The molecule has 2 heterocycles. The summed E-state index contributed by atoms with van der Waals surface area (Å²) in [4.78, 5) is 2.52. The van der Waals surface area contributed by atoms with Crippen LogP contribution in [-0.4, -0.2) is 34.7 Å². The van der Waals surface area contributed by atoms with Crippen molar-refractivity contribution >= 4 is 0 Å².